The first-order chi connectivity index (χ1) is 8.86. The van der Waals surface area contributed by atoms with Crippen LogP contribution in [0.1, 0.15) is 24.0 Å². The molecule has 0 bridgehead atoms. The predicted molar refractivity (Wildman–Crippen MR) is 70.7 cm³/mol. The van der Waals surface area contributed by atoms with Gasteiger partial charge in [0.15, 0.2) is 0 Å². The highest BCUT2D eigenvalue weighted by Gasteiger charge is 2.32. The van der Waals surface area contributed by atoms with E-state index in [-0.39, 0.29) is 11.6 Å². The fraction of sp³-hybridized carbons (Fsp3) is 0.538. The molecule has 0 spiro atoms. The Kier molecular flexibility index (Phi) is 4.18. The van der Waals surface area contributed by atoms with E-state index in [9.17, 15) is 17.4 Å². The van der Waals surface area contributed by atoms with Gasteiger partial charge in [-0.05, 0) is 37.5 Å². The van der Waals surface area contributed by atoms with Crippen LogP contribution in [0.2, 0.25) is 0 Å². The van der Waals surface area contributed by atoms with E-state index in [2.05, 4.69) is 5.32 Å². The van der Waals surface area contributed by atoms with Gasteiger partial charge in [-0.2, -0.15) is 13.2 Å². The van der Waals surface area contributed by atoms with Gasteiger partial charge in [-0.15, -0.1) is 0 Å². The van der Waals surface area contributed by atoms with Crippen LogP contribution in [0.3, 0.4) is 0 Å². The maximum Gasteiger partial charge on any atom is 0.416 e. The molecular weight excluding hydrogens is 275 g/mol. The smallest absolute Gasteiger partial charge is 0.382 e. The van der Waals surface area contributed by atoms with Crippen molar-refractivity contribution in [2.75, 3.05) is 16.8 Å². The number of anilines is 1. The lowest BCUT2D eigenvalue weighted by molar-refractivity contribution is -0.138. The van der Waals surface area contributed by atoms with Crippen LogP contribution in [0.4, 0.5) is 18.9 Å². The molecule has 1 N–H and O–H groups in total. The Labute approximate surface area is 112 Å². The van der Waals surface area contributed by atoms with Crippen LogP contribution in [0.5, 0.6) is 0 Å². The van der Waals surface area contributed by atoms with Crippen molar-refractivity contribution in [2.24, 2.45) is 0 Å². The molecular formula is C13H16F3NOS. The number of hydrogen-bond acceptors (Lipinski definition) is 2. The second kappa shape index (κ2) is 5.53. The van der Waals surface area contributed by atoms with Crippen LogP contribution in [-0.2, 0) is 17.0 Å². The van der Waals surface area contributed by atoms with Gasteiger partial charge in [0.2, 0.25) is 0 Å². The largest absolute Gasteiger partial charge is 0.416 e. The molecule has 1 saturated heterocycles. The molecule has 0 aliphatic carbocycles. The summed E-state index contributed by atoms with van der Waals surface area (Å²) in [5.74, 6) is 1.24. The average molecular weight is 291 g/mol. The van der Waals surface area contributed by atoms with Gasteiger partial charge in [-0.1, -0.05) is 6.07 Å². The van der Waals surface area contributed by atoms with E-state index in [4.69, 9.17) is 0 Å². The van der Waals surface area contributed by atoms with Crippen molar-refractivity contribution >= 4 is 16.5 Å². The van der Waals surface area contributed by atoms with E-state index < -0.39 is 22.5 Å². The van der Waals surface area contributed by atoms with Crippen molar-refractivity contribution in [1.29, 1.82) is 0 Å². The Morgan fingerprint density at radius 1 is 1.26 bits per heavy atom. The molecule has 1 aromatic carbocycles. The van der Waals surface area contributed by atoms with Gasteiger partial charge in [0.25, 0.3) is 0 Å². The van der Waals surface area contributed by atoms with Crippen LogP contribution in [-0.4, -0.2) is 21.8 Å². The van der Waals surface area contributed by atoms with Gasteiger partial charge in [-0.25, -0.2) is 0 Å². The molecule has 1 fully saturated rings. The molecule has 0 aromatic heterocycles. The number of alkyl halides is 3. The topological polar surface area (TPSA) is 29.1 Å². The molecule has 2 nitrogen and oxygen atoms in total. The number of aryl methyl sites for hydroxylation is 1. The number of benzene rings is 1. The average Bonchev–Trinajstić information content (AvgIpc) is 2.33. The Hall–Kier alpha value is -1.04. The van der Waals surface area contributed by atoms with E-state index in [1.807, 2.05) is 0 Å². The molecule has 6 heteroatoms. The standard InChI is InChI=1S/C13H16F3NOS/c1-9-2-3-11(8-12(9)13(14,15)16)17-10-4-6-19(18)7-5-10/h2-3,8,10,17H,4-7H2,1H3. The highest BCUT2D eigenvalue weighted by atomic mass is 32.2. The maximum atomic E-state index is 12.8. The van der Waals surface area contributed by atoms with Crippen molar-refractivity contribution in [3.63, 3.8) is 0 Å². The van der Waals surface area contributed by atoms with Gasteiger partial charge in [0, 0.05) is 34.0 Å². The van der Waals surface area contributed by atoms with E-state index in [1.54, 1.807) is 6.07 Å². The van der Waals surface area contributed by atoms with Crippen LogP contribution < -0.4 is 5.32 Å². The van der Waals surface area contributed by atoms with Crippen molar-refractivity contribution in [2.45, 2.75) is 32.0 Å². The van der Waals surface area contributed by atoms with Crippen LogP contribution >= 0.6 is 0 Å². The summed E-state index contributed by atoms with van der Waals surface area (Å²) in [5.41, 5.74) is 0.107. The van der Waals surface area contributed by atoms with E-state index in [0.717, 1.165) is 18.9 Å². The molecule has 2 rings (SSSR count). The summed E-state index contributed by atoms with van der Waals surface area (Å²) in [5, 5.41) is 3.11. The summed E-state index contributed by atoms with van der Waals surface area (Å²) >= 11 is 0. The minimum Gasteiger partial charge on any atom is -0.382 e. The molecule has 0 atom stereocenters. The van der Waals surface area contributed by atoms with Gasteiger partial charge < -0.3 is 5.32 Å². The second-order valence-corrected chi connectivity index (χ2v) is 6.49. The molecule has 1 aliphatic heterocycles. The van der Waals surface area contributed by atoms with Crippen molar-refractivity contribution in [3.05, 3.63) is 29.3 Å². The number of hydrogen-bond donors (Lipinski definition) is 1. The van der Waals surface area contributed by atoms with Crippen LogP contribution in [0.15, 0.2) is 18.2 Å². The zero-order valence-electron chi connectivity index (χ0n) is 10.6. The third-order valence-corrected chi connectivity index (χ3v) is 4.68. The second-order valence-electron chi connectivity index (χ2n) is 4.79. The van der Waals surface area contributed by atoms with E-state index in [0.29, 0.717) is 17.2 Å². The molecule has 1 aliphatic rings. The summed E-state index contributed by atoms with van der Waals surface area (Å²) in [6, 6.07) is 4.41. The van der Waals surface area contributed by atoms with Crippen molar-refractivity contribution in [1.82, 2.24) is 0 Å². The highest BCUT2D eigenvalue weighted by molar-refractivity contribution is 7.85. The molecule has 1 heterocycles. The van der Waals surface area contributed by atoms with Gasteiger partial charge >= 0.3 is 6.18 Å². The van der Waals surface area contributed by atoms with Crippen LogP contribution in [0, 0.1) is 6.92 Å². The fourth-order valence-electron chi connectivity index (χ4n) is 2.19. The molecule has 0 saturated carbocycles. The molecule has 0 unspecified atom stereocenters. The summed E-state index contributed by atoms with van der Waals surface area (Å²) in [7, 11) is -0.761. The maximum absolute atomic E-state index is 12.8. The third-order valence-electron chi connectivity index (χ3n) is 3.30. The summed E-state index contributed by atoms with van der Waals surface area (Å²) in [6.45, 7) is 1.45. The zero-order valence-corrected chi connectivity index (χ0v) is 11.4. The predicted octanol–water partition coefficient (Wildman–Crippen LogP) is 3.34. The molecule has 0 radical (unpaired) electrons. The number of nitrogens with one attached hydrogen (secondary N) is 1. The lowest BCUT2D eigenvalue weighted by Gasteiger charge is -2.24. The number of rotatable bonds is 2. The lowest BCUT2D eigenvalue weighted by atomic mass is 10.1. The van der Waals surface area contributed by atoms with Crippen molar-refractivity contribution < 1.29 is 17.4 Å². The minimum atomic E-state index is -4.32. The third kappa shape index (κ3) is 3.72. The Morgan fingerprint density at radius 3 is 2.47 bits per heavy atom. The molecule has 1 aromatic rings. The summed E-state index contributed by atoms with van der Waals surface area (Å²) in [4.78, 5) is 0. The SMILES string of the molecule is Cc1ccc(NC2CCS(=O)CC2)cc1C(F)(F)F. The minimum absolute atomic E-state index is 0.112. The molecule has 19 heavy (non-hydrogen) atoms. The monoisotopic (exact) mass is 291 g/mol. The van der Waals surface area contributed by atoms with E-state index >= 15 is 0 Å². The highest BCUT2D eigenvalue weighted by Crippen LogP contribution is 2.33. The molecule has 106 valence electrons. The lowest BCUT2D eigenvalue weighted by Crippen LogP contribution is -2.29. The summed E-state index contributed by atoms with van der Waals surface area (Å²) in [6.07, 6.45) is -2.85. The Balaban J connectivity index is 2.11. The first-order valence-corrected chi connectivity index (χ1v) is 7.64. The number of halogens is 3. The first-order valence-electron chi connectivity index (χ1n) is 6.15. The summed E-state index contributed by atoms with van der Waals surface area (Å²) < 4.78 is 49.6. The zero-order chi connectivity index (χ0) is 14.0. The Morgan fingerprint density at radius 2 is 1.89 bits per heavy atom. The first kappa shape index (κ1) is 14.4. The van der Waals surface area contributed by atoms with Crippen molar-refractivity contribution in [3.8, 4) is 0 Å². The van der Waals surface area contributed by atoms with Gasteiger partial charge in [0.05, 0.1) is 5.56 Å². The van der Waals surface area contributed by atoms with Gasteiger partial charge in [0.1, 0.15) is 0 Å². The Bertz CT molecular complexity index is 477. The normalized spacial score (nSPS) is 24.2. The van der Waals surface area contributed by atoms with E-state index in [1.165, 1.54) is 13.0 Å². The van der Waals surface area contributed by atoms with Crippen LogP contribution in [0.25, 0.3) is 0 Å². The van der Waals surface area contributed by atoms with Gasteiger partial charge in [-0.3, -0.25) is 4.21 Å². The fourth-order valence-corrected chi connectivity index (χ4v) is 3.49. The quantitative estimate of drug-likeness (QED) is 0.905. The molecule has 0 amide bonds.